The van der Waals surface area contributed by atoms with Gasteiger partial charge in [-0.1, -0.05) is 11.6 Å². The molecule has 14 heavy (non-hydrogen) atoms. The number of hydrogen-bond donors (Lipinski definition) is 1. The molecule has 0 saturated carbocycles. The van der Waals surface area contributed by atoms with Crippen molar-refractivity contribution >= 4 is 11.6 Å². The number of ether oxygens (including phenoxy) is 1. The largest absolute Gasteiger partial charge is 0.488 e. The number of fused-ring (bicyclic) bond motifs is 1. The van der Waals surface area contributed by atoms with Crippen molar-refractivity contribution in [2.75, 3.05) is 13.7 Å². The normalized spacial score (nSPS) is 19.1. The van der Waals surface area contributed by atoms with Crippen LogP contribution in [-0.4, -0.2) is 19.8 Å². The van der Waals surface area contributed by atoms with Crippen LogP contribution in [0.4, 0.5) is 0 Å². The zero-order chi connectivity index (χ0) is 9.97. The van der Waals surface area contributed by atoms with E-state index in [0.717, 1.165) is 17.2 Å². The molecule has 0 fully saturated rings. The minimum absolute atomic E-state index is 0.142. The number of benzene rings is 1. The molecule has 2 rings (SSSR count). The Bertz CT molecular complexity index is 330. The molecule has 1 aliphatic heterocycles. The smallest absolute Gasteiger partial charge is 0.123 e. The maximum absolute atomic E-state index is 5.88. The Morgan fingerprint density at radius 2 is 2.50 bits per heavy atom. The topological polar surface area (TPSA) is 30.5 Å². The molecule has 0 bridgehead atoms. The first-order chi connectivity index (χ1) is 6.79. The summed E-state index contributed by atoms with van der Waals surface area (Å²) in [6, 6.07) is 5.70. The van der Waals surface area contributed by atoms with Gasteiger partial charge >= 0.3 is 0 Å². The maximum Gasteiger partial charge on any atom is 0.123 e. The molecule has 0 spiro atoms. The van der Waals surface area contributed by atoms with Gasteiger partial charge in [0.15, 0.2) is 0 Å². The van der Waals surface area contributed by atoms with E-state index in [-0.39, 0.29) is 6.10 Å². The Balaban J connectivity index is 2.03. The van der Waals surface area contributed by atoms with E-state index in [2.05, 4.69) is 5.48 Å². The minimum Gasteiger partial charge on any atom is -0.488 e. The molecule has 1 N–H and O–H groups in total. The SMILES string of the molecule is CONCC1Cc2cc(Cl)ccc2O1. The summed E-state index contributed by atoms with van der Waals surface area (Å²) in [4.78, 5) is 4.77. The zero-order valence-electron chi connectivity index (χ0n) is 7.92. The highest BCUT2D eigenvalue weighted by atomic mass is 35.5. The third-order valence-electron chi connectivity index (χ3n) is 2.22. The molecule has 4 heteroatoms. The number of nitrogens with one attached hydrogen (secondary N) is 1. The average molecular weight is 214 g/mol. The molecule has 0 aromatic heterocycles. The van der Waals surface area contributed by atoms with Crippen LogP contribution < -0.4 is 10.2 Å². The van der Waals surface area contributed by atoms with E-state index in [4.69, 9.17) is 21.2 Å². The van der Waals surface area contributed by atoms with Gasteiger partial charge < -0.3 is 9.57 Å². The average Bonchev–Trinajstić information content (AvgIpc) is 2.56. The Kier molecular flexibility index (Phi) is 2.91. The summed E-state index contributed by atoms with van der Waals surface area (Å²) in [6.07, 6.45) is 1.02. The summed E-state index contributed by atoms with van der Waals surface area (Å²) in [5, 5.41) is 0.757. The van der Waals surface area contributed by atoms with Gasteiger partial charge in [-0.25, -0.2) is 0 Å². The highest BCUT2D eigenvalue weighted by Gasteiger charge is 2.22. The van der Waals surface area contributed by atoms with Crippen molar-refractivity contribution in [3.8, 4) is 5.75 Å². The van der Waals surface area contributed by atoms with Crippen molar-refractivity contribution in [3.05, 3.63) is 28.8 Å². The monoisotopic (exact) mass is 213 g/mol. The van der Waals surface area contributed by atoms with E-state index in [1.165, 1.54) is 5.56 Å². The first kappa shape index (κ1) is 9.77. The minimum atomic E-state index is 0.142. The molecule has 1 aromatic rings. The predicted octanol–water partition coefficient (Wildman–Crippen LogP) is 1.79. The van der Waals surface area contributed by atoms with Crippen LogP contribution in [0.25, 0.3) is 0 Å². The number of halogens is 1. The molecule has 0 amide bonds. The van der Waals surface area contributed by atoms with E-state index in [1.54, 1.807) is 7.11 Å². The van der Waals surface area contributed by atoms with Crippen molar-refractivity contribution in [1.29, 1.82) is 0 Å². The lowest BCUT2D eigenvalue weighted by Gasteiger charge is -2.09. The van der Waals surface area contributed by atoms with E-state index in [1.807, 2.05) is 18.2 Å². The lowest BCUT2D eigenvalue weighted by Crippen LogP contribution is -2.29. The van der Waals surface area contributed by atoms with Crippen LogP contribution in [-0.2, 0) is 11.3 Å². The molecule has 0 radical (unpaired) electrons. The molecular weight excluding hydrogens is 202 g/mol. The molecule has 0 saturated heterocycles. The number of hydroxylamine groups is 1. The van der Waals surface area contributed by atoms with E-state index in [0.29, 0.717) is 6.54 Å². The van der Waals surface area contributed by atoms with Crippen molar-refractivity contribution in [2.24, 2.45) is 0 Å². The van der Waals surface area contributed by atoms with Gasteiger partial charge in [-0.3, -0.25) is 0 Å². The van der Waals surface area contributed by atoms with Gasteiger partial charge in [-0.2, -0.15) is 5.48 Å². The van der Waals surface area contributed by atoms with Gasteiger partial charge in [0.25, 0.3) is 0 Å². The van der Waals surface area contributed by atoms with Crippen molar-refractivity contribution in [3.63, 3.8) is 0 Å². The molecule has 1 unspecified atom stereocenters. The highest BCUT2D eigenvalue weighted by Crippen LogP contribution is 2.30. The molecule has 3 nitrogen and oxygen atoms in total. The van der Waals surface area contributed by atoms with Gasteiger partial charge in [0.2, 0.25) is 0 Å². The zero-order valence-corrected chi connectivity index (χ0v) is 8.67. The third kappa shape index (κ3) is 2.00. The van der Waals surface area contributed by atoms with Crippen LogP contribution in [0.2, 0.25) is 5.02 Å². The molecule has 76 valence electrons. The molecule has 1 atom stereocenters. The second kappa shape index (κ2) is 4.17. The lowest BCUT2D eigenvalue weighted by atomic mass is 10.1. The fraction of sp³-hybridized carbons (Fsp3) is 0.400. The van der Waals surface area contributed by atoms with Gasteiger partial charge in [-0.05, 0) is 23.8 Å². The molecule has 1 heterocycles. The summed E-state index contributed by atoms with van der Waals surface area (Å²) < 4.78 is 5.66. The molecule has 1 aliphatic rings. The second-order valence-electron chi connectivity index (χ2n) is 3.25. The van der Waals surface area contributed by atoms with Crippen LogP contribution >= 0.6 is 11.6 Å². The Morgan fingerprint density at radius 3 is 3.29 bits per heavy atom. The van der Waals surface area contributed by atoms with Crippen LogP contribution in [0.5, 0.6) is 5.75 Å². The summed E-state index contributed by atoms with van der Waals surface area (Å²) in [6.45, 7) is 0.683. The summed E-state index contributed by atoms with van der Waals surface area (Å²) in [7, 11) is 1.60. The Hall–Kier alpha value is -0.770. The van der Waals surface area contributed by atoms with Crippen molar-refractivity contribution in [1.82, 2.24) is 5.48 Å². The van der Waals surface area contributed by atoms with Gasteiger partial charge in [-0.15, -0.1) is 0 Å². The highest BCUT2D eigenvalue weighted by molar-refractivity contribution is 6.30. The lowest BCUT2D eigenvalue weighted by molar-refractivity contribution is 0.0634. The quantitative estimate of drug-likeness (QED) is 0.777. The first-order valence-electron chi connectivity index (χ1n) is 4.50. The predicted molar refractivity (Wildman–Crippen MR) is 54.6 cm³/mol. The number of hydrogen-bond acceptors (Lipinski definition) is 3. The van der Waals surface area contributed by atoms with Gasteiger partial charge in [0, 0.05) is 11.4 Å². The Labute approximate surface area is 87.9 Å². The maximum atomic E-state index is 5.88. The van der Waals surface area contributed by atoms with Crippen molar-refractivity contribution in [2.45, 2.75) is 12.5 Å². The van der Waals surface area contributed by atoms with Crippen LogP contribution in [0.15, 0.2) is 18.2 Å². The first-order valence-corrected chi connectivity index (χ1v) is 4.88. The van der Waals surface area contributed by atoms with Gasteiger partial charge in [0.1, 0.15) is 11.9 Å². The van der Waals surface area contributed by atoms with Gasteiger partial charge in [0.05, 0.1) is 13.7 Å². The molecule has 0 aliphatic carbocycles. The molecular formula is C10H12ClNO2. The van der Waals surface area contributed by atoms with E-state index < -0.39 is 0 Å². The summed E-state index contributed by atoms with van der Waals surface area (Å²) in [5.41, 5.74) is 3.95. The number of rotatable bonds is 3. The fourth-order valence-electron chi connectivity index (χ4n) is 1.58. The fourth-order valence-corrected chi connectivity index (χ4v) is 1.77. The van der Waals surface area contributed by atoms with E-state index in [9.17, 15) is 0 Å². The van der Waals surface area contributed by atoms with E-state index >= 15 is 0 Å². The van der Waals surface area contributed by atoms with Crippen molar-refractivity contribution < 1.29 is 9.57 Å². The third-order valence-corrected chi connectivity index (χ3v) is 2.45. The van der Waals surface area contributed by atoms with Crippen LogP contribution in [0.1, 0.15) is 5.56 Å². The standard InChI is InChI=1S/C10H12ClNO2/c1-13-12-6-9-5-7-4-8(11)2-3-10(7)14-9/h2-4,9,12H,5-6H2,1H3. The van der Waals surface area contributed by atoms with Crippen LogP contribution in [0.3, 0.4) is 0 Å². The summed E-state index contributed by atoms with van der Waals surface area (Å²) >= 11 is 5.88. The molecule has 1 aromatic carbocycles. The van der Waals surface area contributed by atoms with Crippen LogP contribution in [0, 0.1) is 0 Å². The second-order valence-corrected chi connectivity index (χ2v) is 3.69. The Morgan fingerprint density at radius 1 is 1.64 bits per heavy atom. The summed E-state index contributed by atoms with van der Waals surface area (Å²) in [5.74, 6) is 0.928.